The highest BCUT2D eigenvalue weighted by Gasteiger charge is 2.42. The number of halogens is 2. The Labute approximate surface area is 93.6 Å². The molecule has 0 amide bonds. The molecule has 1 heterocycles. The van der Waals surface area contributed by atoms with Gasteiger partial charge >= 0.3 is 0 Å². The molecular weight excluding hydrogens is 212 g/mol. The monoisotopic (exact) mass is 227 g/mol. The van der Waals surface area contributed by atoms with Gasteiger partial charge in [-0.3, -0.25) is 0 Å². The van der Waals surface area contributed by atoms with Gasteiger partial charge in [-0.2, -0.15) is 8.78 Å². The molecule has 16 heavy (non-hydrogen) atoms. The van der Waals surface area contributed by atoms with Gasteiger partial charge in [0.25, 0.3) is 5.92 Å². The molecule has 1 aliphatic rings. The standard InChI is InChI=1S/C12H15F2NO/c1-16-10-6-4-9(5-7-10)12(13,14)11-3-2-8-15-11/h4-7,11,15H,2-3,8H2,1H3. The highest BCUT2D eigenvalue weighted by molar-refractivity contribution is 5.30. The summed E-state index contributed by atoms with van der Waals surface area (Å²) in [6, 6.07) is 5.26. The molecule has 4 heteroatoms. The molecule has 88 valence electrons. The number of methoxy groups -OCH3 is 1. The van der Waals surface area contributed by atoms with E-state index < -0.39 is 12.0 Å². The summed E-state index contributed by atoms with van der Waals surface area (Å²) in [6.07, 6.45) is 1.34. The average molecular weight is 227 g/mol. The van der Waals surface area contributed by atoms with Crippen molar-refractivity contribution in [1.82, 2.24) is 5.32 Å². The maximum atomic E-state index is 14.0. The number of alkyl halides is 2. The third-order valence-corrected chi connectivity index (χ3v) is 2.97. The summed E-state index contributed by atoms with van der Waals surface area (Å²) in [6.45, 7) is 0.677. The van der Waals surface area contributed by atoms with Gasteiger partial charge in [0.15, 0.2) is 0 Å². The lowest BCUT2D eigenvalue weighted by Gasteiger charge is -2.23. The lowest BCUT2D eigenvalue weighted by molar-refractivity contribution is -0.0376. The number of nitrogens with one attached hydrogen (secondary N) is 1. The second-order valence-electron chi connectivity index (χ2n) is 4.00. The largest absolute Gasteiger partial charge is 0.497 e. The molecular formula is C12H15F2NO. The predicted octanol–water partition coefficient (Wildman–Crippen LogP) is 2.54. The lowest BCUT2D eigenvalue weighted by Crippen LogP contribution is -2.38. The van der Waals surface area contributed by atoms with E-state index in [9.17, 15) is 8.78 Å². The zero-order valence-electron chi connectivity index (χ0n) is 9.17. The Balaban J connectivity index is 2.20. The summed E-state index contributed by atoms with van der Waals surface area (Å²) in [5.41, 5.74) is 0.0488. The minimum absolute atomic E-state index is 0.0488. The van der Waals surface area contributed by atoms with E-state index in [2.05, 4.69) is 5.32 Å². The second-order valence-corrected chi connectivity index (χ2v) is 4.00. The van der Waals surface area contributed by atoms with Crippen molar-refractivity contribution < 1.29 is 13.5 Å². The molecule has 2 rings (SSSR count). The Morgan fingerprint density at radius 2 is 2.00 bits per heavy atom. The third-order valence-electron chi connectivity index (χ3n) is 2.97. The van der Waals surface area contributed by atoms with Gasteiger partial charge < -0.3 is 10.1 Å². The van der Waals surface area contributed by atoms with Gasteiger partial charge in [0.2, 0.25) is 0 Å². The van der Waals surface area contributed by atoms with E-state index in [-0.39, 0.29) is 5.56 Å². The molecule has 2 nitrogen and oxygen atoms in total. The van der Waals surface area contributed by atoms with Crippen LogP contribution >= 0.6 is 0 Å². The van der Waals surface area contributed by atoms with Crippen molar-refractivity contribution in [3.8, 4) is 5.75 Å². The molecule has 1 saturated heterocycles. The quantitative estimate of drug-likeness (QED) is 0.856. The van der Waals surface area contributed by atoms with Gasteiger partial charge in [-0.1, -0.05) is 0 Å². The van der Waals surface area contributed by atoms with Crippen LogP contribution in [-0.2, 0) is 5.92 Å². The smallest absolute Gasteiger partial charge is 0.288 e. The Morgan fingerprint density at radius 1 is 1.31 bits per heavy atom. The fourth-order valence-corrected chi connectivity index (χ4v) is 2.01. The Kier molecular flexibility index (Phi) is 3.10. The predicted molar refractivity (Wildman–Crippen MR) is 57.9 cm³/mol. The van der Waals surface area contributed by atoms with Crippen molar-refractivity contribution in [1.29, 1.82) is 0 Å². The molecule has 1 fully saturated rings. The van der Waals surface area contributed by atoms with Crippen molar-refractivity contribution >= 4 is 0 Å². The van der Waals surface area contributed by atoms with Gasteiger partial charge in [0.05, 0.1) is 13.2 Å². The van der Waals surface area contributed by atoms with Crippen LogP contribution in [0.1, 0.15) is 18.4 Å². The van der Waals surface area contributed by atoms with Crippen LogP contribution in [-0.4, -0.2) is 19.7 Å². The molecule has 1 aromatic rings. The van der Waals surface area contributed by atoms with Crippen molar-refractivity contribution in [2.75, 3.05) is 13.7 Å². The molecule has 0 saturated carbocycles. The summed E-state index contributed by atoms with van der Waals surface area (Å²) < 4.78 is 32.9. The summed E-state index contributed by atoms with van der Waals surface area (Å²) in [5, 5.41) is 2.84. The topological polar surface area (TPSA) is 21.3 Å². The normalized spacial score (nSPS) is 21.1. The van der Waals surface area contributed by atoms with Crippen molar-refractivity contribution in [3.05, 3.63) is 29.8 Å². The van der Waals surface area contributed by atoms with Crippen LogP contribution in [0.3, 0.4) is 0 Å². The Hall–Kier alpha value is -1.16. The molecule has 0 aromatic heterocycles. The van der Waals surface area contributed by atoms with Gasteiger partial charge in [0, 0.05) is 5.56 Å². The van der Waals surface area contributed by atoms with Crippen LogP contribution < -0.4 is 10.1 Å². The van der Waals surface area contributed by atoms with Crippen molar-refractivity contribution in [3.63, 3.8) is 0 Å². The zero-order valence-corrected chi connectivity index (χ0v) is 9.17. The second kappa shape index (κ2) is 4.37. The number of rotatable bonds is 3. The van der Waals surface area contributed by atoms with Crippen LogP contribution in [0.15, 0.2) is 24.3 Å². The summed E-state index contributed by atoms with van der Waals surface area (Å²) in [4.78, 5) is 0. The molecule has 0 spiro atoms. The van der Waals surface area contributed by atoms with Gasteiger partial charge in [0.1, 0.15) is 5.75 Å². The molecule has 1 atom stereocenters. The van der Waals surface area contributed by atoms with Crippen LogP contribution in [0.25, 0.3) is 0 Å². The molecule has 1 aromatic carbocycles. The minimum Gasteiger partial charge on any atom is -0.497 e. The first-order valence-electron chi connectivity index (χ1n) is 5.40. The van der Waals surface area contributed by atoms with Crippen molar-refractivity contribution in [2.24, 2.45) is 0 Å². The maximum absolute atomic E-state index is 14.0. The molecule has 0 radical (unpaired) electrons. The SMILES string of the molecule is COc1ccc(C(F)(F)C2CCCN2)cc1. The fraction of sp³-hybridized carbons (Fsp3) is 0.500. The van der Waals surface area contributed by atoms with Gasteiger partial charge in [-0.15, -0.1) is 0 Å². The third kappa shape index (κ3) is 2.02. The molecule has 1 N–H and O–H groups in total. The first kappa shape index (κ1) is 11.3. The highest BCUT2D eigenvalue weighted by atomic mass is 19.3. The summed E-state index contributed by atoms with van der Waals surface area (Å²) in [7, 11) is 1.52. The summed E-state index contributed by atoms with van der Waals surface area (Å²) in [5.74, 6) is -2.21. The number of hydrogen-bond acceptors (Lipinski definition) is 2. The van der Waals surface area contributed by atoms with Crippen LogP contribution in [0.4, 0.5) is 8.78 Å². The molecule has 1 aliphatic heterocycles. The first-order chi connectivity index (χ1) is 7.64. The van der Waals surface area contributed by atoms with Crippen LogP contribution in [0, 0.1) is 0 Å². The highest BCUT2D eigenvalue weighted by Crippen LogP contribution is 2.36. The fourth-order valence-electron chi connectivity index (χ4n) is 2.01. The molecule has 1 unspecified atom stereocenters. The van der Waals surface area contributed by atoms with E-state index in [1.54, 1.807) is 12.1 Å². The number of benzene rings is 1. The van der Waals surface area contributed by atoms with Crippen molar-refractivity contribution in [2.45, 2.75) is 24.8 Å². The number of hydrogen-bond donors (Lipinski definition) is 1. The first-order valence-corrected chi connectivity index (χ1v) is 5.40. The van der Waals surface area contributed by atoms with E-state index in [4.69, 9.17) is 4.74 Å². The van der Waals surface area contributed by atoms with Gasteiger partial charge in [-0.25, -0.2) is 0 Å². The molecule has 0 aliphatic carbocycles. The van der Waals surface area contributed by atoms with E-state index in [1.165, 1.54) is 19.2 Å². The maximum Gasteiger partial charge on any atom is 0.288 e. The van der Waals surface area contributed by atoms with Crippen LogP contribution in [0.5, 0.6) is 5.75 Å². The Morgan fingerprint density at radius 3 is 2.50 bits per heavy atom. The minimum atomic E-state index is -2.80. The number of ether oxygens (including phenoxy) is 1. The average Bonchev–Trinajstić information content (AvgIpc) is 2.83. The van der Waals surface area contributed by atoms with Crippen LogP contribution in [0.2, 0.25) is 0 Å². The van der Waals surface area contributed by atoms with E-state index >= 15 is 0 Å². The Bertz CT molecular complexity index is 345. The van der Waals surface area contributed by atoms with Gasteiger partial charge in [-0.05, 0) is 43.7 Å². The van der Waals surface area contributed by atoms with E-state index in [0.717, 1.165) is 6.42 Å². The van der Waals surface area contributed by atoms with E-state index in [0.29, 0.717) is 18.7 Å². The molecule has 0 bridgehead atoms. The van der Waals surface area contributed by atoms with E-state index in [1.807, 2.05) is 0 Å². The lowest BCUT2D eigenvalue weighted by atomic mass is 10.00. The summed E-state index contributed by atoms with van der Waals surface area (Å²) >= 11 is 0. The zero-order chi connectivity index (χ0) is 11.6.